The van der Waals surface area contributed by atoms with Crippen LogP contribution in [0.25, 0.3) is 0 Å². The van der Waals surface area contributed by atoms with Crippen molar-refractivity contribution < 1.29 is 19.4 Å². The summed E-state index contributed by atoms with van der Waals surface area (Å²) in [6.07, 6.45) is 6.56. The molecule has 1 aliphatic rings. The van der Waals surface area contributed by atoms with Gasteiger partial charge in [-0.25, -0.2) is 4.79 Å². The summed E-state index contributed by atoms with van der Waals surface area (Å²) >= 11 is 0. The predicted octanol–water partition coefficient (Wildman–Crippen LogP) is 4.94. The van der Waals surface area contributed by atoms with Crippen LogP contribution in [0.15, 0.2) is 48.5 Å². The highest BCUT2D eigenvalue weighted by atomic mass is 16.5. The molecule has 2 aromatic rings. The van der Waals surface area contributed by atoms with Crippen molar-refractivity contribution in [1.82, 2.24) is 0 Å². The van der Waals surface area contributed by atoms with Crippen LogP contribution in [0.4, 0.5) is 5.69 Å². The van der Waals surface area contributed by atoms with E-state index in [0.717, 1.165) is 12.1 Å². The van der Waals surface area contributed by atoms with Crippen molar-refractivity contribution in [3.8, 4) is 5.75 Å². The van der Waals surface area contributed by atoms with E-state index < -0.39 is 5.97 Å². The van der Waals surface area contributed by atoms with Crippen LogP contribution in [-0.4, -0.2) is 30.1 Å². The second-order valence-corrected chi connectivity index (χ2v) is 7.69. The molecule has 0 bridgehead atoms. The van der Waals surface area contributed by atoms with Gasteiger partial charge in [-0.1, -0.05) is 38.3 Å². The summed E-state index contributed by atoms with van der Waals surface area (Å²) in [7, 11) is 0. The van der Waals surface area contributed by atoms with E-state index in [-0.39, 0.29) is 17.4 Å². The van der Waals surface area contributed by atoms with Gasteiger partial charge in [-0.2, -0.15) is 0 Å². The number of carbonyl (C=O) groups excluding carboxylic acids is 1. The number of aryl methyl sites for hydroxylation is 1. The molecule has 1 atom stereocenters. The van der Waals surface area contributed by atoms with Gasteiger partial charge in [0.1, 0.15) is 5.75 Å². The van der Waals surface area contributed by atoms with E-state index in [1.54, 1.807) is 12.1 Å². The van der Waals surface area contributed by atoms with Crippen molar-refractivity contribution in [2.24, 2.45) is 5.92 Å². The van der Waals surface area contributed by atoms with Crippen LogP contribution in [0.1, 0.15) is 54.9 Å². The monoisotopic (exact) mass is 395 g/mol. The van der Waals surface area contributed by atoms with Crippen molar-refractivity contribution in [1.29, 1.82) is 0 Å². The maximum absolute atomic E-state index is 12.5. The number of hydrogen-bond donors (Lipinski definition) is 1. The largest absolute Gasteiger partial charge is 0.493 e. The summed E-state index contributed by atoms with van der Waals surface area (Å²) in [6, 6.07) is 14.7. The first kappa shape index (κ1) is 20.9. The fourth-order valence-electron chi connectivity index (χ4n) is 3.65. The number of carboxylic acids is 1. The second kappa shape index (κ2) is 10.1. The summed E-state index contributed by atoms with van der Waals surface area (Å²) in [5.74, 6) is -0.0974. The number of carboxylic acid groups (broad SMARTS) is 1. The van der Waals surface area contributed by atoms with Crippen molar-refractivity contribution in [3.05, 3.63) is 59.7 Å². The zero-order valence-electron chi connectivity index (χ0n) is 17.0. The highest BCUT2D eigenvalue weighted by Gasteiger charge is 2.31. The Balaban J connectivity index is 1.50. The summed E-state index contributed by atoms with van der Waals surface area (Å²) in [5, 5.41) is 8.94. The lowest BCUT2D eigenvalue weighted by Crippen LogP contribution is -2.25. The predicted molar refractivity (Wildman–Crippen MR) is 114 cm³/mol. The third-order valence-electron chi connectivity index (χ3n) is 5.36. The Morgan fingerprint density at radius 3 is 2.45 bits per heavy atom. The number of unbranched alkanes of at least 4 members (excludes halogenated alkanes) is 3. The van der Waals surface area contributed by atoms with E-state index in [2.05, 4.69) is 19.1 Å². The lowest BCUT2D eigenvalue weighted by molar-refractivity contribution is -0.117. The molecule has 1 fully saturated rings. The number of amides is 1. The lowest BCUT2D eigenvalue weighted by Gasteiger charge is -2.17. The van der Waals surface area contributed by atoms with E-state index >= 15 is 0 Å². The summed E-state index contributed by atoms with van der Waals surface area (Å²) in [4.78, 5) is 25.2. The van der Waals surface area contributed by atoms with E-state index in [9.17, 15) is 9.59 Å². The van der Waals surface area contributed by atoms with Crippen molar-refractivity contribution in [3.63, 3.8) is 0 Å². The Hall–Kier alpha value is -2.82. The number of nitrogens with zero attached hydrogens (tertiary/aromatic N) is 1. The molecule has 0 aromatic heterocycles. The van der Waals surface area contributed by atoms with Gasteiger partial charge in [0.15, 0.2) is 0 Å². The maximum Gasteiger partial charge on any atom is 0.335 e. The van der Waals surface area contributed by atoms with Crippen molar-refractivity contribution in [2.45, 2.75) is 45.4 Å². The normalized spacial score (nSPS) is 16.2. The molecule has 0 radical (unpaired) electrons. The number of ether oxygens (including phenoxy) is 1. The molecule has 1 unspecified atom stereocenters. The van der Waals surface area contributed by atoms with Gasteiger partial charge in [-0.3, -0.25) is 4.79 Å². The Morgan fingerprint density at radius 2 is 1.79 bits per heavy atom. The van der Waals surface area contributed by atoms with Gasteiger partial charge in [0.05, 0.1) is 12.2 Å². The average Bonchev–Trinajstić information content (AvgIpc) is 3.11. The third kappa shape index (κ3) is 5.83. The van der Waals surface area contributed by atoms with Crippen LogP contribution >= 0.6 is 0 Å². The first-order valence-electron chi connectivity index (χ1n) is 10.4. The van der Waals surface area contributed by atoms with Gasteiger partial charge in [-0.05, 0) is 54.8 Å². The Bertz CT molecular complexity index is 814. The molecule has 1 amide bonds. The van der Waals surface area contributed by atoms with Crippen LogP contribution in [0.5, 0.6) is 5.75 Å². The number of carbonyl (C=O) groups is 2. The second-order valence-electron chi connectivity index (χ2n) is 7.69. The van der Waals surface area contributed by atoms with Crippen LogP contribution in [-0.2, 0) is 11.2 Å². The van der Waals surface area contributed by atoms with Crippen LogP contribution in [0.3, 0.4) is 0 Å². The average molecular weight is 395 g/mol. The van der Waals surface area contributed by atoms with Gasteiger partial charge in [-0.15, -0.1) is 0 Å². The molecule has 0 saturated carbocycles. The third-order valence-corrected chi connectivity index (χ3v) is 5.36. The number of anilines is 1. The van der Waals surface area contributed by atoms with Gasteiger partial charge < -0.3 is 14.7 Å². The van der Waals surface area contributed by atoms with Gasteiger partial charge >= 0.3 is 5.97 Å². The number of aromatic carboxylic acids is 1. The molecule has 154 valence electrons. The molecule has 1 saturated heterocycles. The Kier molecular flexibility index (Phi) is 7.28. The molecule has 1 N–H and O–H groups in total. The zero-order valence-corrected chi connectivity index (χ0v) is 17.0. The van der Waals surface area contributed by atoms with Gasteiger partial charge in [0.25, 0.3) is 0 Å². The molecule has 3 rings (SSSR count). The van der Waals surface area contributed by atoms with Crippen molar-refractivity contribution >= 4 is 17.6 Å². The van der Waals surface area contributed by atoms with Gasteiger partial charge in [0, 0.05) is 24.6 Å². The quantitative estimate of drug-likeness (QED) is 0.579. The first-order valence-corrected chi connectivity index (χ1v) is 10.4. The smallest absolute Gasteiger partial charge is 0.335 e. The fourth-order valence-corrected chi connectivity index (χ4v) is 3.65. The minimum absolute atomic E-state index is 0.121. The number of benzene rings is 2. The fraction of sp³-hybridized carbons (Fsp3) is 0.417. The van der Waals surface area contributed by atoms with E-state index in [0.29, 0.717) is 25.3 Å². The number of hydrogen-bond acceptors (Lipinski definition) is 3. The molecule has 2 aromatic carbocycles. The molecule has 0 aliphatic carbocycles. The molecule has 1 aliphatic heterocycles. The van der Waals surface area contributed by atoms with Crippen LogP contribution in [0.2, 0.25) is 0 Å². The Labute approximate surface area is 172 Å². The molecule has 0 spiro atoms. The maximum atomic E-state index is 12.5. The standard InChI is InChI=1S/C24H29NO4/c1-2-3-4-5-6-18-7-11-21(12-8-18)25-16-19(15-23(25)26)17-29-22-13-9-20(10-14-22)24(27)28/h7-14,19H,2-6,15-17H2,1H3,(H,27,28). The topological polar surface area (TPSA) is 66.8 Å². The molecule has 5 nitrogen and oxygen atoms in total. The molecule has 5 heteroatoms. The minimum Gasteiger partial charge on any atom is -0.493 e. The highest BCUT2D eigenvalue weighted by Crippen LogP contribution is 2.26. The molecule has 1 heterocycles. The first-order chi connectivity index (χ1) is 14.1. The van der Waals surface area contributed by atoms with E-state index in [1.807, 2.05) is 17.0 Å². The molecular formula is C24H29NO4. The molecular weight excluding hydrogens is 366 g/mol. The SMILES string of the molecule is CCCCCCc1ccc(N2CC(COc3ccc(C(=O)O)cc3)CC2=O)cc1. The lowest BCUT2D eigenvalue weighted by atomic mass is 10.1. The van der Waals surface area contributed by atoms with E-state index in [4.69, 9.17) is 9.84 Å². The van der Waals surface area contributed by atoms with Crippen LogP contribution < -0.4 is 9.64 Å². The summed E-state index contributed by atoms with van der Waals surface area (Å²) < 4.78 is 5.77. The highest BCUT2D eigenvalue weighted by molar-refractivity contribution is 5.95. The summed E-state index contributed by atoms with van der Waals surface area (Å²) in [6.45, 7) is 3.29. The van der Waals surface area contributed by atoms with Crippen molar-refractivity contribution in [2.75, 3.05) is 18.1 Å². The van der Waals surface area contributed by atoms with Gasteiger partial charge in [0.2, 0.25) is 5.91 Å². The van der Waals surface area contributed by atoms with E-state index in [1.165, 1.54) is 43.4 Å². The Morgan fingerprint density at radius 1 is 1.07 bits per heavy atom. The number of rotatable bonds is 10. The summed E-state index contributed by atoms with van der Waals surface area (Å²) in [5.41, 5.74) is 2.50. The minimum atomic E-state index is -0.958. The zero-order chi connectivity index (χ0) is 20.6. The molecule has 29 heavy (non-hydrogen) atoms. The van der Waals surface area contributed by atoms with Crippen LogP contribution in [0, 0.1) is 5.92 Å².